The topological polar surface area (TPSA) is 286 Å². The number of nitrogens with zero attached hydrogens (tertiary/aromatic N) is 5. The van der Waals surface area contributed by atoms with Crippen LogP contribution in [0.1, 0.15) is 55.6 Å². The van der Waals surface area contributed by atoms with Gasteiger partial charge in [0.2, 0.25) is 6.10 Å². The first kappa shape index (κ1) is 41.1. The van der Waals surface area contributed by atoms with E-state index in [1.54, 1.807) is 11.8 Å². The number of amides is 3. The molecule has 4 heterocycles. The summed E-state index contributed by atoms with van der Waals surface area (Å²) in [6.07, 6.45) is -0.853. The van der Waals surface area contributed by atoms with E-state index < -0.39 is 82.0 Å². The average molecular weight is 824 g/mol. The van der Waals surface area contributed by atoms with Gasteiger partial charge in [0.1, 0.15) is 22.8 Å². The Balaban J connectivity index is 1.34. The molecule has 2 saturated heterocycles. The van der Waals surface area contributed by atoms with Gasteiger partial charge >= 0.3 is 17.9 Å². The number of oxime groups is 1. The molecule has 55 heavy (non-hydrogen) atoms. The Labute approximate surface area is 326 Å². The van der Waals surface area contributed by atoms with Gasteiger partial charge in [-0.05, 0) is 50.4 Å². The number of carboxylic acid groups (broad SMARTS) is 3. The predicted molar refractivity (Wildman–Crippen MR) is 198 cm³/mol. The van der Waals surface area contributed by atoms with Crippen LogP contribution in [0, 0.1) is 0 Å². The highest BCUT2D eigenvalue weighted by molar-refractivity contribution is 8.00. The van der Waals surface area contributed by atoms with Crippen molar-refractivity contribution in [3.63, 3.8) is 0 Å². The van der Waals surface area contributed by atoms with Crippen LogP contribution in [0.5, 0.6) is 11.5 Å². The number of carbonyl (C=O) groups is 6. The van der Waals surface area contributed by atoms with Crippen molar-refractivity contribution in [1.29, 1.82) is 0 Å². The van der Waals surface area contributed by atoms with Gasteiger partial charge in [-0.1, -0.05) is 23.7 Å². The van der Waals surface area contributed by atoms with Crippen molar-refractivity contribution in [1.82, 2.24) is 25.0 Å². The fourth-order valence-corrected chi connectivity index (χ4v) is 8.76. The number of thiazole rings is 1. The molecule has 3 aliphatic rings. The second-order valence-corrected chi connectivity index (χ2v) is 15.6. The Morgan fingerprint density at radius 1 is 1.20 bits per heavy atom. The van der Waals surface area contributed by atoms with Crippen LogP contribution in [-0.2, 0) is 28.8 Å². The molecule has 5 rings (SSSR count). The molecule has 296 valence electrons. The van der Waals surface area contributed by atoms with Crippen molar-refractivity contribution in [3.05, 3.63) is 45.1 Å². The fourth-order valence-electron chi connectivity index (χ4n) is 6.53. The minimum atomic E-state index is -1.95. The zero-order valence-corrected chi connectivity index (χ0v) is 31.8. The fraction of sp³-hybridized carbons (Fsp3) is 0.455. The monoisotopic (exact) mass is 823 g/mol. The number of nitrogens with two attached hydrogens (primary N) is 1. The second kappa shape index (κ2) is 17.1. The molecule has 1 aromatic heterocycles. The van der Waals surface area contributed by atoms with Crippen molar-refractivity contribution in [2.45, 2.75) is 68.3 Å². The number of aliphatic carboxylic acids is 3. The van der Waals surface area contributed by atoms with E-state index in [4.69, 9.17) is 27.3 Å². The van der Waals surface area contributed by atoms with E-state index in [1.807, 2.05) is 6.92 Å². The minimum absolute atomic E-state index is 0.0223. The summed E-state index contributed by atoms with van der Waals surface area (Å²) >= 11 is 8.38. The Bertz CT molecular complexity index is 1960. The van der Waals surface area contributed by atoms with E-state index in [2.05, 4.69) is 20.4 Å². The van der Waals surface area contributed by atoms with Crippen LogP contribution in [0.25, 0.3) is 0 Å². The minimum Gasteiger partial charge on any atom is -0.504 e. The van der Waals surface area contributed by atoms with Gasteiger partial charge in [0.05, 0.1) is 17.0 Å². The molecule has 0 aliphatic carbocycles. The van der Waals surface area contributed by atoms with Gasteiger partial charge in [0, 0.05) is 36.3 Å². The van der Waals surface area contributed by atoms with Crippen molar-refractivity contribution in [3.8, 4) is 11.5 Å². The number of carboxylic acids is 3. The van der Waals surface area contributed by atoms with Gasteiger partial charge in [-0.15, -0.1) is 23.1 Å². The number of carbonyl (C=O) groups excluding carboxylic acids is 3. The number of phenolic OH excluding ortho intramolecular Hbond substituents is 2. The van der Waals surface area contributed by atoms with E-state index in [0.29, 0.717) is 31.5 Å². The first-order chi connectivity index (χ1) is 26.0. The highest BCUT2D eigenvalue weighted by Gasteiger charge is 2.56. The molecule has 2 fully saturated rings. The van der Waals surface area contributed by atoms with E-state index in [0.717, 1.165) is 22.7 Å². The van der Waals surface area contributed by atoms with E-state index >= 15 is 0 Å². The molecule has 19 nitrogen and oxygen atoms in total. The number of thioether (sulfide) groups is 1. The van der Waals surface area contributed by atoms with E-state index in [1.165, 1.54) is 29.3 Å². The summed E-state index contributed by atoms with van der Waals surface area (Å²) in [6.45, 7) is 5.07. The summed E-state index contributed by atoms with van der Waals surface area (Å²) in [4.78, 5) is 89.7. The summed E-state index contributed by atoms with van der Waals surface area (Å²) in [5.41, 5.74) is 5.25. The van der Waals surface area contributed by atoms with Crippen LogP contribution in [0.3, 0.4) is 0 Å². The number of halogens is 1. The van der Waals surface area contributed by atoms with Crippen LogP contribution in [0.4, 0.5) is 5.13 Å². The summed E-state index contributed by atoms with van der Waals surface area (Å²) in [6, 6.07) is 1.10. The van der Waals surface area contributed by atoms with Crippen LogP contribution in [0.15, 0.2) is 33.9 Å². The SMILES string of the molecule is CCCN(C[C@@H]1CCCN1CC1=C(C(=O)O)N2C(=O)[C@@H](NC(=O)/C(=N\O[C@@H](CC(=O)O)C(=O)O)c3csc(N)n3)[C@H]2S[C@H]1C)C(=O)c1ccc(O)c(O)c1Cl. The third kappa shape index (κ3) is 8.74. The molecule has 0 bridgehead atoms. The lowest BCUT2D eigenvalue weighted by Crippen LogP contribution is -2.71. The number of nitrogens with one attached hydrogen (secondary N) is 1. The zero-order valence-electron chi connectivity index (χ0n) is 29.4. The highest BCUT2D eigenvalue weighted by atomic mass is 35.5. The number of β-lactam (4-membered cyclic amide) rings is 1. The number of aromatic hydroxyl groups is 2. The molecule has 0 unspecified atom stereocenters. The first-order valence-electron chi connectivity index (χ1n) is 16.9. The molecule has 8 N–H and O–H groups in total. The van der Waals surface area contributed by atoms with Crippen molar-refractivity contribution in [2.75, 3.05) is 31.9 Å². The predicted octanol–water partition coefficient (Wildman–Crippen LogP) is 1.58. The maximum atomic E-state index is 13.6. The number of fused-ring (bicyclic) bond motifs is 1. The number of benzene rings is 1. The number of phenols is 2. The van der Waals surface area contributed by atoms with Gasteiger partial charge in [-0.2, -0.15) is 0 Å². The lowest BCUT2D eigenvalue weighted by Gasteiger charge is -2.51. The third-order valence-corrected chi connectivity index (χ3v) is 11.7. The first-order valence-corrected chi connectivity index (χ1v) is 19.1. The lowest BCUT2D eigenvalue weighted by atomic mass is 9.99. The molecule has 1 aromatic carbocycles. The van der Waals surface area contributed by atoms with Crippen molar-refractivity contribution >= 4 is 81.2 Å². The molecule has 3 aliphatic heterocycles. The maximum Gasteiger partial charge on any atom is 0.352 e. The molecule has 5 atom stereocenters. The Morgan fingerprint density at radius 3 is 2.55 bits per heavy atom. The summed E-state index contributed by atoms with van der Waals surface area (Å²) < 4.78 is 0. The average Bonchev–Trinajstić information content (AvgIpc) is 3.76. The summed E-state index contributed by atoms with van der Waals surface area (Å²) in [7, 11) is 0. The number of hydrogen-bond acceptors (Lipinski definition) is 15. The zero-order chi connectivity index (χ0) is 40.3. The standard InChI is InChI=1S/C33H38ClN7O12S2/c1-3-8-40(28(47)16-6-7-19(42)26(45)22(16)34)11-15-5-4-9-39(15)12-17-14(2)55-30-24(29(48)41(30)25(17)32(51)52)37-27(46)23(18-13-54-33(35)36-18)38-53-20(31(49)50)10-21(43)44/h6-7,13-15,20,24,30,42,45H,3-5,8-12H2,1-2H3,(H2,35,36)(H,37,46)(H,43,44)(H,49,50)(H,51,52)/b38-23-/t14-,15-,20-,24+,30+/m0/s1. The number of anilines is 1. The van der Waals surface area contributed by atoms with Crippen LogP contribution >= 0.6 is 34.7 Å². The van der Waals surface area contributed by atoms with Gasteiger partial charge < -0.3 is 46.3 Å². The van der Waals surface area contributed by atoms with Crippen LogP contribution < -0.4 is 11.1 Å². The molecule has 0 saturated carbocycles. The van der Waals surface area contributed by atoms with E-state index in [-0.39, 0.29) is 46.2 Å². The Kier molecular flexibility index (Phi) is 12.8. The number of rotatable bonds is 16. The second-order valence-electron chi connectivity index (χ2n) is 12.9. The number of likely N-dealkylation sites (tertiary alicyclic amines) is 1. The Hall–Kier alpha value is -5.12. The molecule has 3 amide bonds. The van der Waals surface area contributed by atoms with E-state index in [9.17, 15) is 49.2 Å². The van der Waals surface area contributed by atoms with Crippen molar-refractivity contribution < 1.29 is 59.1 Å². The molecule has 0 radical (unpaired) electrons. The summed E-state index contributed by atoms with van der Waals surface area (Å²) in [5, 5.41) is 54.6. The number of nitrogen functional groups attached to an aromatic ring is 1. The number of aromatic nitrogens is 1. The number of hydrogen-bond donors (Lipinski definition) is 7. The molecular formula is C33H38ClN7O12S2. The smallest absolute Gasteiger partial charge is 0.352 e. The highest BCUT2D eigenvalue weighted by Crippen LogP contribution is 2.45. The third-order valence-electron chi connectivity index (χ3n) is 9.21. The van der Waals surface area contributed by atoms with Crippen molar-refractivity contribution in [2.24, 2.45) is 5.16 Å². The molecular weight excluding hydrogens is 786 g/mol. The van der Waals surface area contributed by atoms with Gasteiger partial charge in [0.15, 0.2) is 22.3 Å². The molecule has 22 heteroatoms. The molecule has 0 spiro atoms. The largest absolute Gasteiger partial charge is 0.504 e. The van der Waals surface area contributed by atoms with Crippen LogP contribution in [-0.4, -0.2) is 142 Å². The van der Waals surface area contributed by atoms with Crippen LogP contribution in [0.2, 0.25) is 5.02 Å². The molecule has 2 aromatic rings. The maximum absolute atomic E-state index is 13.6. The van der Waals surface area contributed by atoms with Gasteiger partial charge in [0.25, 0.3) is 17.7 Å². The summed E-state index contributed by atoms with van der Waals surface area (Å²) in [5.74, 6) is -7.76. The van der Waals surface area contributed by atoms with Gasteiger partial charge in [-0.3, -0.25) is 29.0 Å². The Morgan fingerprint density at radius 2 is 1.93 bits per heavy atom. The lowest BCUT2D eigenvalue weighted by molar-refractivity contribution is -0.156. The van der Waals surface area contributed by atoms with Gasteiger partial charge in [-0.25, -0.2) is 14.6 Å². The normalized spacial score (nSPS) is 21.8. The quantitative estimate of drug-likeness (QED) is 0.0548.